The van der Waals surface area contributed by atoms with Gasteiger partial charge in [-0.25, -0.2) is 8.78 Å². The van der Waals surface area contributed by atoms with Crippen molar-refractivity contribution in [3.63, 3.8) is 0 Å². The minimum Gasteiger partial charge on any atom is -0.481 e. The summed E-state index contributed by atoms with van der Waals surface area (Å²) in [5, 5.41) is 12.5. The second-order valence-electron chi connectivity index (χ2n) is 12.0. The van der Waals surface area contributed by atoms with Gasteiger partial charge < -0.3 is 15.2 Å². The molecule has 2 N–H and O–H groups in total. The number of aromatic nitrogens is 1. The van der Waals surface area contributed by atoms with Crippen LogP contribution in [-0.2, 0) is 22.2 Å². The molecule has 0 aliphatic carbocycles. The average Bonchev–Trinajstić information content (AvgIpc) is 3.36. The Morgan fingerprint density at radius 1 is 1.08 bits per heavy atom. The van der Waals surface area contributed by atoms with Crippen molar-refractivity contribution in [2.75, 3.05) is 19.6 Å². The van der Waals surface area contributed by atoms with Crippen LogP contribution < -0.4 is 15.6 Å². The molecular formula is C34H30F5N3O5S. The third-order valence-electron chi connectivity index (χ3n) is 8.60. The number of aryl methyl sites for hydroxylation is 2. The number of carbonyl (C=O) groups is 2. The molecule has 4 heterocycles. The Kier molecular flexibility index (Phi) is 8.90. The number of hydrogen-bond acceptors (Lipinski definition) is 6. The minimum absolute atomic E-state index is 0.0511. The smallest absolute Gasteiger partial charge is 0.416 e. The first kappa shape index (κ1) is 33.3. The van der Waals surface area contributed by atoms with Gasteiger partial charge in [0.2, 0.25) is 5.91 Å². The number of nitrogens with one attached hydrogen (secondary N) is 1. The van der Waals surface area contributed by atoms with E-state index in [1.54, 1.807) is 30.0 Å². The molecule has 0 spiro atoms. The average molecular weight is 688 g/mol. The van der Waals surface area contributed by atoms with Crippen LogP contribution in [0.4, 0.5) is 22.0 Å². The van der Waals surface area contributed by atoms with E-state index in [-0.39, 0.29) is 42.9 Å². The SMILES string of the molecule is Cc1cccc2c1-c1cc(c(C)s1)[C@H](CC(=O)O)NC(=O)[C@H](n1cc(CCN3CC(F)C3)c(C(F)(F)F)cc1=O)c1cc(ccc1F)O2. The van der Waals surface area contributed by atoms with Crippen LogP contribution >= 0.6 is 11.3 Å². The molecule has 48 heavy (non-hydrogen) atoms. The van der Waals surface area contributed by atoms with E-state index < -0.39 is 59.7 Å². The van der Waals surface area contributed by atoms with Crippen molar-refractivity contribution < 1.29 is 41.4 Å². The van der Waals surface area contributed by atoms with Gasteiger partial charge in [-0.3, -0.25) is 23.9 Å². The lowest BCUT2D eigenvalue weighted by molar-refractivity contribution is -0.139. The number of carboxylic acids is 1. The lowest BCUT2D eigenvalue weighted by Crippen LogP contribution is -2.49. The molecule has 6 rings (SSSR count). The van der Waals surface area contributed by atoms with Crippen LogP contribution in [0.2, 0.25) is 0 Å². The molecule has 0 radical (unpaired) electrons. The number of nitrogens with zero attached hydrogens (tertiary/aromatic N) is 2. The summed E-state index contributed by atoms with van der Waals surface area (Å²) in [7, 11) is 0. The molecule has 1 fully saturated rings. The normalized spacial score (nSPS) is 18.4. The Morgan fingerprint density at radius 3 is 2.52 bits per heavy atom. The number of pyridine rings is 1. The van der Waals surface area contributed by atoms with E-state index in [9.17, 15) is 37.1 Å². The van der Waals surface area contributed by atoms with Crippen molar-refractivity contribution in [1.82, 2.24) is 14.8 Å². The Hall–Kier alpha value is -4.56. The number of benzene rings is 2. The van der Waals surface area contributed by atoms with Crippen LogP contribution in [0.5, 0.6) is 11.5 Å². The van der Waals surface area contributed by atoms with Crippen LogP contribution in [0.3, 0.4) is 0 Å². The molecule has 2 aromatic carbocycles. The van der Waals surface area contributed by atoms with E-state index in [2.05, 4.69) is 5.32 Å². The molecule has 8 nitrogen and oxygen atoms in total. The van der Waals surface area contributed by atoms with Gasteiger partial charge in [-0.1, -0.05) is 12.1 Å². The summed E-state index contributed by atoms with van der Waals surface area (Å²) < 4.78 is 78.5. The molecule has 0 unspecified atom stereocenters. The van der Waals surface area contributed by atoms with Gasteiger partial charge in [-0.05, 0) is 67.3 Å². The van der Waals surface area contributed by atoms with E-state index in [0.717, 1.165) is 27.3 Å². The molecule has 2 atom stereocenters. The third kappa shape index (κ3) is 6.59. The highest BCUT2D eigenvalue weighted by atomic mass is 32.1. The highest BCUT2D eigenvalue weighted by molar-refractivity contribution is 7.15. The largest absolute Gasteiger partial charge is 0.481 e. The van der Waals surface area contributed by atoms with Crippen LogP contribution in [-0.4, -0.2) is 52.3 Å². The zero-order chi connectivity index (χ0) is 34.5. The van der Waals surface area contributed by atoms with E-state index in [4.69, 9.17) is 4.74 Å². The second kappa shape index (κ2) is 12.8. The van der Waals surface area contributed by atoms with E-state index in [1.165, 1.54) is 23.5 Å². The van der Waals surface area contributed by atoms with Gasteiger partial charge in [-0.15, -0.1) is 11.3 Å². The molecule has 4 aromatic rings. The standard InChI is InChI=1S/C34H30F5N3O5S/c1-17-4-3-5-27-31(17)28-11-22(18(2)48-28)26(13-30(44)45)40-33(46)32(23-10-21(47-27)6-7-25(23)36)42-14-19(8-9-41-15-20(35)16-41)24(12-29(42)43)34(37,38)39/h3-7,10-12,14,20,26,32H,8-9,13,15-16H2,1-2H3,(H,40,46)(H,44,45)/t26-,32+/m0/s1. The number of fused-ring (bicyclic) bond motifs is 6. The molecule has 2 aliphatic heterocycles. The van der Waals surface area contributed by atoms with Crippen LogP contribution in [0.1, 0.15) is 51.2 Å². The number of aliphatic carboxylic acids is 1. The van der Waals surface area contributed by atoms with Crippen LogP contribution in [0.15, 0.2) is 59.5 Å². The fourth-order valence-corrected chi connectivity index (χ4v) is 7.43. The number of amides is 1. The zero-order valence-corrected chi connectivity index (χ0v) is 26.6. The summed E-state index contributed by atoms with van der Waals surface area (Å²) in [5.41, 5.74) is -1.20. The molecule has 252 valence electrons. The van der Waals surface area contributed by atoms with E-state index in [1.807, 2.05) is 13.0 Å². The molecular weight excluding hydrogens is 657 g/mol. The Balaban J connectivity index is 1.55. The van der Waals surface area contributed by atoms with Crippen molar-refractivity contribution >= 4 is 23.2 Å². The summed E-state index contributed by atoms with van der Waals surface area (Å²) >= 11 is 1.35. The van der Waals surface area contributed by atoms with Crippen LogP contribution in [0.25, 0.3) is 10.4 Å². The Morgan fingerprint density at radius 2 is 1.83 bits per heavy atom. The third-order valence-corrected chi connectivity index (χ3v) is 9.69. The number of hydrogen-bond donors (Lipinski definition) is 2. The summed E-state index contributed by atoms with van der Waals surface area (Å²) in [4.78, 5) is 42.7. The molecule has 2 aromatic heterocycles. The second-order valence-corrected chi connectivity index (χ2v) is 13.2. The monoisotopic (exact) mass is 687 g/mol. The van der Waals surface area contributed by atoms with Gasteiger partial charge in [0.15, 0.2) is 0 Å². The first-order chi connectivity index (χ1) is 22.7. The van der Waals surface area contributed by atoms with Gasteiger partial charge in [-0.2, -0.15) is 13.2 Å². The lowest BCUT2D eigenvalue weighted by atomic mass is 9.99. The number of rotatable bonds is 6. The molecule has 1 saturated heterocycles. The van der Waals surface area contributed by atoms with Crippen molar-refractivity contribution in [3.05, 3.63) is 104 Å². The van der Waals surface area contributed by atoms with Gasteiger partial charge in [0.1, 0.15) is 29.5 Å². The van der Waals surface area contributed by atoms with Gasteiger partial charge in [0.05, 0.1) is 18.0 Å². The molecule has 2 aliphatic rings. The molecule has 4 bridgehead atoms. The number of alkyl halides is 4. The summed E-state index contributed by atoms with van der Waals surface area (Å²) in [6.07, 6.45) is -5.94. The topological polar surface area (TPSA) is 101 Å². The fraction of sp³-hybridized carbons (Fsp3) is 0.324. The van der Waals surface area contributed by atoms with Crippen LogP contribution in [0, 0.1) is 19.7 Å². The fourth-order valence-electron chi connectivity index (χ4n) is 6.23. The van der Waals surface area contributed by atoms with Crippen molar-refractivity contribution in [2.24, 2.45) is 0 Å². The Labute approximate surface area is 275 Å². The number of carbonyl (C=O) groups excluding carboxylic acids is 1. The van der Waals surface area contributed by atoms with Crippen molar-refractivity contribution in [2.45, 2.75) is 51.1 Å². The number of ether oxygens (including phenoxy) is 1. The lowest BCUT2D eigenvalue weighted by Gasteiger charge is -2.34. The predicted octanol–water partition coefficient (Wildman–Crippen LogP) is 6.58. The van der Waals surface area contributed by atoms with Crippen molar-refractivity contribution in [1.29, 1.82) is 0 Å². The quantitative estimate of drug-likeness (QED) is 0.223. The zero-order valence-electron chi connectivity index (χ0n) is 25.7. The van der Waals surface area contributed by atoms with Crippen molar-refractivity contribution in [3.8, 4) is 21.9 Å². The first-order valence-corrected chi connectivity index (χ1v) is 15.9. The Bertz CT molecular complexity index is 1970. The number of halogens is 5. The summed E-state index contributed by atoms with van der Waals surface area (Å²) in [6, 6.07) is 7.96. The maximum Gasteiger partial charge on any atom is 0.416 e. The first-order valence-electron chi connectivity index (χ1n) is 15.1. The maximum atomic E-state index is 15.8. The minimum atomic E-state index is -4.93. The number of likely N-dealkylation sites (tertiary alicyclic amines) is 1. The number of thiophene rings is 1. The highest BCUT2D eigenvalue weighted by Crippen LogP contribution is 2.43. The summed E-state index contributed by atoms with van der Waals surface area (Å²) in [6.45, 7) is 3.78. The molecule has 14 heteroatoms. The highest BCUT2D eigenvalue weighted by Gasteiger charge is 2.37. The predicted molar refractivity (Wildman–Crippen MR) is 168 cm³/mol. The van der Waals surface area contributed by atoms with Gasteiger partial charge in [0, 0.05) is 52.8 Å². The summed E-state index contributed by atoms with van der Waals surface area (Å²) in [5.74, 6) is -2.75. The molecule has 1 amide bonds. The van der Waals surface area contributed by atoms with E-state index >= 15 is 4.39 Å². The van der Waals surface area contributed by atoms with Gasteiger partial charge in [0.25, 0.3) is 5.56 Å². The molecule has 0 saturated carbocycles. The maximum absolute atomic E-state index is 15.8. The van der Waals surface area contributed by atoms with Gasteiger partial charge >= 0.3 is 12.1 Å². The van der Waals surface area contributed by atoms with E-state index in [0.29, 0.717) is 27.8 Å². The number of carboxylic acid groups (broad SMARTS) is 1.